The van der Waals surface area contributed by atoms with Crippen molar-refractivity contribution >= 4 is 5.65 Å². The van der Waals surface area contributed by atoms with Crippen LogP contribution in [0.4, 0.5) is 0 Å². The van der Waals surface area contributed by atoms with Crippen LogP contribution in [0.1, 0.15) is 5.69 Å². The third kappa shape index (κ3) is 2.88. The number of aromatic hydroxyl groups is 1. The molecular weight excluding hydrogens is 374 g/mol. The number of aromatic amines is 1. The van der Waals surface area contributed by atoms with Crippen molar-refractivity contribution < 1.29 is 5.11 Å². The van der Waals surface area contributed by atoms with Crippen molar-refractivity contribution in [2.75, 3.05) is 0 Å². The van der Waals surface area contributed by atoms with Gasteiger partial charge in [-0.05, 0) is 30.2 Å². The maximum absolute atomic E-state index is 13.5. The van der Waals surface area contributed by atoms with Crippen LogP contribution in [0.25, 0.3) is 39.2 Å². The Kier molecular flexibility index (Phi) is 4.21. The third-order valence-electron chi connectivity index (χ3n) is 5.24. The van der Waals surface area contributed by atoms with Crippen LogP contribution in [0.3, 0.4) is 0 Å². The van der Waals surface area contributed by atoms with E-state index in [9.17, 15) is 9.90 Å². The summed E-state index contributed by atoms with van der Waals surface area (Å²) in [5, 5.41) is 12.9. The number of phenolic OH excluding ortho intramolecular Hbond substituents is 1. The Morgan fingerprint density at radius 2 is 1.33 bits per heavy atom. The number of hydrogen-bond acceptors (Lipinski definition) is 3. The van der Waals surface area contributed by atoms with E-state index < -0.39 is 0 Å². The first kappa shape index (κ1) is 17.9. The zero-order chi connectivity index (χ0) is 20.7. The van der Waals surface area contributed by atoms with E-state index in [1.807, 2.05) is 67.6 Å². The fraction of sp³-hybridized carbons (Fsp3) is 0.0400. The molecule has 2 aromatic heterocycles. The Morgan fingerprint density at radius 1 is 0.767 bits per heavy atom. The molecule has 0 aliphatic carbocycles. The maximum atomic E-state index is 13.5. The molecule has 0 atom stereocenters. The van der Waals surface area contributed by atoms with E-state index in [-0.39, 0.29) is 11.3 Å². The number of H-pyrrole nitrogens is 1. The SMILES string of the molecule is Cc1nc2c(-c3ccccc3)c(-c3ccccc3)[nH]n2c(=O)c1-c1ccc(O)cc1. The Hall–Kier alpha value is -4.12. The number of fused-ring (bicyclic) bond motifs is 1. The molecule has 0 aliphatic heterocycles. The van der Waals surface area contributed by atoms with Gasteiger partial charge in [0.25, 0.3) is 5.56 Å². The number of aryl methyl sites for hydroxylation is 1. The summed E-state index contributed by atoms with van der Waals surface area (Å²) in [4.78, 5) is 18.3. The number of aromatic nitrogens is 3. The molecule has 0 fully saturated rings. The molecule has 5 heteroatoms. The van der Waals surface area contributed by atoms with Gasteiger partial charge in [0.1, 0.15) is 5.75 Å². The highest BCUT2D eigenvalue weighted by atomic mass is 16.3. The van der Waals surface area contributed by atoms with Crippen molar-refractivity contribution in [3.05, 3.63) is 101 Å². The molecule has 0 unspecified atom stereocenters. The lowest BCUT2D eigenvalue weighted by atomic mass is 10.0. The molecule has 0 saturated heterocycles. The summed E-state index contributed by atoms with van der Waals surface area (Å²) in [7, 11) is 0. The number of nitrogens with one attached hydrogen (secondary N) is 1. The lowest BCUT2D eigenvalue weighted by molar-refractivity contribution is 0.475. The van der Waals surface area contributed by atoms with Gasteiger partial charge in [-0.3, -0.25) is 9.89 Å². The Balaban J connectivity index is 1.86. The van der Waals surface area contributed by atoms with E-state index >= 15 is 0 Å². The highest BCUT2D eigenvalue weighted by Crippen LogP contribution is 2.34. The first-order chi connectivity index (χ1) is 14.6. The molecule has 0 saturated carbocycles. The van der Waals surface area contributed by atoms with E-state index in [2.05, 4.69) is 5.10 Å². The maximum Gasteiger partial charge on any atom is 0.280 e. The highest BCUT2D eigenvalue weighted by Gasteiger charge is 2.21. The molecule has 0 amide bonds. The van der Waals surface area contributed by atoms with Gasteiger partial charge in [-0.25, -0.2) is 4.98 Å². The number of nitrogens with zero attached hydrogens (tertiary/aromatic N) is 2. The smallest absolute Gasteiger partial charge is 0.280 e. The van der Waals surface area contributed by atoms with Gasteiger partial charge >= 0.3 is 0 Å². The average Bonchev–Trinajstić information content (AvgIpc) is 3.16. The van der Waals surface area contributed by atoms with Crippen LogP contribution in [0.2, 0.25) is 0 Å². The van der Waals surface area contributed by atoms with E-state index in [0.29, 0.717) is 22.5 Å². The van der Waals surface area contributed by atoms with Gasteiger partial charge in [-0.1, -0.05) is 72.8 Å². The number of benzene rings is 3. The molecule has 0 radical (unpaired) electrons. The molecule has 0 aliphatic rings. The van der Waals surface area contributed by atoms with E-state index in [1.165, 1.54) is 4.52 Å². The molecule has 5 nitrogen and oxygen atoms in total. The van der Waals surface area contributed by atoms with Gasteiger partial charge < -0.3 is 5.11 Å². The summed E-state index contributed by atoms with van der Waals surface area (Å²) < 4.78 is 1.51. The van der Waals surface area contributed by atoms with Gasteiger partial charge in [0.2, 0.25) is 0 Å². The molecule has 30 heavy (non-hydrogen) atoms. The van der Waals surface area contributed by atoms with Crippen LogP contribution in [0.5, 0.6) is 5.75 Å². The van der Waals surface area contributed by atoms with Crippen LogP contribution >= 0.6 is 0 Å². The predicted molar refractivity (Wildman–Crippen MR) is 119 cm³/mol. The quantitative estimate of drug-likeness (QED) is 0.451. The molecule has 5 aromatic rings. The molecule has 0 bridgehead atoms. The van der Waals surface area contributed by atoms with Crippen LogP contribution in [0.15, 0.2) is 89.7 Å². The molecular formula is C25H19N3O2. The minimum Gasteiger partial charge on any atom is -0.508 e. The van der Waals surface area contributed by atoms with Crippen molar-refractivity contribution in [3.63, 3.8) is 0 Å². The topological polar surface area (TPSA) is 70.4 Å². The lowest BCUT2D eigenvalue weighted by Gasteiger charge is -2.07. The second-order valence-electron chi connectivity index (χ2n) is 7.18. The van der Waals surface area contributed by atoms with Gasteiger partial charge in [0.05, 0.1) is 22.5 Å². The molecule has 2 N–H and O–H groups in total. The molecule has 5 rings (SSSR count). The predicted octanol–water partition coefficient (Wildman–Crippen LogP) is 5.04. The third-order valence-corrected chi connectivity index (χ3v) is 5.24. The normalized spacial score (nSPS) is 11.1. The second-order valence-corrected chi connectivity index (χ2v) is 7.18. The van der Waals surface area contributed by atoms with Gasteiger partial charge in [0, 0.05) is 5.56 Å². The lowest BCUT2D eigenvalue weighted by Crippen LogP contribution is -2.19. The first-order valence-corrected chi connectivity index (χ1v) is 9.69. The van der Waals surface area contributed by atoms with Crippen molar-refractivity contribution in [1.82, 2.24) is 14.6 Å². The summed E-state index contributed by atoms with van der Waals surface area (Å²) in [6.45, 7) is 1.84. The zero-order valence-electron chi connectivity index (χ0n) is 16.3. The van der Waals surface area contributed by atoms with E-state index in [1.54, 1.807) is 24.3 Å². The van der Waals surface area contributed by atoms with Crippen molar-refractivity contribution in [2.24, 2.45) is 0 Å². The molecule has 0 spiro atoms. The van der Waals surface area contributed by atoms with Crippen LogP contribution < -0.4 is 5.56 Å². The summed E-state index contributed by atoms with van der Waals surface area (Å²) in [5.74, 6) is 0.156. The molecule has 146 valence electrons. The molecule has 3 aromatic carbocycles. The summed E-state index contributed by atoms with van der Waals surface area (Å²) >= 11 is 0. The van der Waals surface area contributed by atoms with Gasteiger partial charge in [-0.15, -0.1) is 0 Å². The van der Waals surface area contributed by atoms with Crippen LogP contribution in [-0.4, -0.2) is 19.7 Å². The number of hydrogen-bond donors (Lipinski definition) is 2. The average molecular weight is 393 g/mol. The number of phenols is 1. The highest BCUT2D eigenvalue weighted by molar-refractivity contribution is 5.91. The van der Waals surface area contributed by atoms with Crippen molar-refractivity contribution in [3.8, 4) is 39.3 Å². The number of rotatable bonds is 3. The second kappa shape index (κ2) is 7.04. The summed E-state index contributed by atoms with van der Waals surface area (Å²) in [6, 6.07) is 26.5. The fourth-order valence-corrected chi connectivity index (χ4v) is 3.83. The van der Waals surface area contributed by atoms with E-state index in [4.69, 9.17) is 4.98 Å². The van der Waals surface area contributed by atoms with Crippen LogP contribution in [0, 0.1) is 6.92 Å². The van der Waals surface area contributed by atoms with Crippen LogP contribution in [-0.2, 0) is 0 Å². The standard InChI is InChI=1S/C25H19N3O2/c1-16-21(18-12-14-20(29)15-13-18)25(30)28-24(26-16)22(17-8-4-2-5-9-17)23(27-28)19-10-6-3-7-11-19/h2-15,27,29H,1H3. The minimum absolute atomic E-state index is 0.156. The Labute approximate surface area is 172 Å². The van der Waals surface area contributed by atoms with Crippen molar-refractivity contribution in [1.29, 1.82) is 0 Å². The van der Waals surface area contributed by atoms with E-state index in [0.717, 1.165) is 22.4 Å². The zero-order valence-corrected chi connectivity index (χ0v) is 16.3. The first-order valence-electron chi connectivity index (χ1n) is 9.69. The summed E-state index contributed by atoms with van der Waals surface area (Å²) in [6.07, 6.45) is 0. The van der Waals surface area contributed by atoms with Gasteiger partial charge in [0.15, 0.2) is 5.65 Å². The minimum atomic E-state index is -0.178. The Bertz CT molecular complexity index is 1400. The van der Waals surface area contributed by atoms with Gasteiger partial charge in [-0.2, -0.15) is 4.52 Å². The van der Waals surface area contributed by atoms with Crippen molar-refractivity contribution in [2.45, 2.75) is 6.92 Å². The fourth-order valence-electron chi connectivity index (χ4n) is 3.83. The Morgan fingerprint density at radius 3 is 1.97 bits per heavy atom. The molecule has 2 heterocycles. The monoisotopic (exact) mass is 393 g/mol. The largest absolute Gasteiger partial charge is 0.508 e. The summed E-state index contributed by atoms with van der Waals surface area (Å²) in [5.41, 5.74) is 5.97.